The van der Waals surface area contributed by atoms with E-state index >= 15 is 0 Å². The summed E-state index contributed by atoms with van der Waals surface area (Å²) in [6.07, 6.45) is 3.51. The lowest BCUT2D eigenvalue weighted by Crippen LogP contribution is -2.48. The lowest BCUT2D eigenvalue weighted by atomic mass is 9.90. The molecule has 3 aromatic carbocycles. The molecule has 1 aliphatic rings. The van der Waals surface area contributed by atoms with Crippen LogP contribution in [-0.2, 0) is 25.7 Å². The van der Waals surface area contributed by atoms with Gasteiger partial charge in [0.25, 0.3) is 0 Å². The van der Waals surface area contributed by atoms with Gasteiger partial charge in [0.2, 0.25) is 23.6 Å². The van der Waals surface area contributed by atoms with Crippen LogP contribution >= 0.6 is 0 Å². The molecule has 1 fully saturated rings. The Bertz CT molecular complexity index is 1840. The molecule has 324 valence electrons. The van der Waals surface area contributed by atoms with Crippen molar-refractivity contribution in [2.45, 2.75) is 70.0 Å². The number of hydrogen-bond acceptors (Lipinski definition) is 9. The number of anilines is 1. The van der Waals surface area contributed by atoms with Crippen LogP contribution in [0.5, 0.6) is 5.75 Å². The zero-order chi connectivity index (χ0) is 43.1. The van der Waals surface area contributed by atoms with Gasteiger partial charge in [-0.2, -0.15) is 4.99 Å². The first kappa shape index (κ1) is 46.5. The van der Waals surface area contributed by atoms with Crippen LogP contribution in [0.1, 0.15) is 68.1 Å². The number of benzene rings is 3. The summed E-state index contributed by atoms with van der Waals surface area (Å²) in [4.78, 5) is 69.6. The van der Waals surface area contributed by atoms with E-state index in [2.05, 4.69) is 47.1 Å². The van der Waals surface area contributed by atoms with Gasteiger partial charge < -0.3 is 53.8 Å². The number of phenols is 1. The Labute approximate surface area is 351 Å². The van der Waals surface area contributed by atoms with E-state index < -0.39 is 23.9 Å². The predicted molar refractivity (Wildman–Crippen MR) is 232 cm³/mol. The Morgan fingerprint density at radius 3 is 2.10 bits per heavy atom. The summed E-state index contributed by atoms with van der Waals surface area (Å²) in [6, 6.07) is 22.0. The van der Waals surface area contributed by atoms with Gasteiger partial charge in [0, 0.05) is 70.5 Å². The van der Waals surface area contributed by atoms with Crippen molar-refractivity contribution in [3.8, 4) is 5.75 Å². The molecule has 2 atom stereocenters. The number of carbonyl (C=O) groups excluding carboxylic acids is 5. The number of aliphatic imine (C=N–C) groups is 1. The summed E-state index contributed by atoms with van der Waals surface area (Å²) in [5.74, 6) is -1.62. The zero-order valence-corrected chi connectivity index (χ0v) is 34.4. The van der Waals surface area contributed by atoms with Crippen LogP contribution in [0.2, 0.25) is 0 Å². The van der Waals surface area contributed by atoms with E-state index in [9.17, 15) is 29.1 Å². The van der Waals surface area contributed by atoms with Crippen molar-refractivity contribution in [3.63, 3.8) is 0 Å². The van der Waals surface area contributed by atoms with Gasteiger partial charge in [-0.25, -0.2) is 4.79 Å². The van der Waals surface area contributed by atoms with Gasteiger partial charge >= 0.3 is 6.03 Å². The molecule has 6 amide bonds. The number of phenolic OH excluding ortho intramolecular Hbond substituents is 1. The average Bonchev–Trinajstić information content (AvgIpc) is 3.24. The van der Waals surface area contributed by atoms with E-state index in [4.69, 9.17) is 11.5 Å². The Morgan fingerprint density at radius 2 is 1.40 bits per heavy atom. The lowest BCUT2D eigenvalue weighted by molar-refractivity contribution is -0.129. The SMILES string of the molecule is CCC(=O)NCCNC(=O)/N=C(/N)NCCC[C@@H](NC(=O)C(c1ccccc1)c1ccc(NCCCNC(=O)CN2CCC(N)CC2)cc1)C(=O)NCc1ccc(O)cc1. The number of guanidine groups is 1. The van der Waals surface area contributed by atoms with Crippen LogP contribution < -0.4 is 48.7 Å². The molecule has 0 aliphatic carbocycles. The standard InChI is InChI=1S/C43H61N11O6/c1-2-37(56)48-24-25-50-43(60)53-42(45)49-21-6-10-36(40(58)51-28-30-11-17-35(55)18-12-30)52-41(59)39(31-8-4-3-5-9-31)32-13-15-34(16-14-32)46-22-7-23-47-38(57)29-54-26-19-33(44)20-27-54/h3-5,8-9,11-18,33,36,39,46,55H,2,6-7,10,19-29,44H2,1H3,(H,47,57)(H,48,56)(H,51,58)(H,52,59)(H4,45,49,50,53,60)/t36-,39?/m1/s1. The summed E-state index contributed by atoms with van der Waals surface area (Å²) < 4.78 is 0. The number of nitrogens with one attached hydrogen (secondary N) is 7. The maximum absolute atomic E-state index is 14.2. The molecule has 3 aromatic rings. The summed E-state index contributed by atoms with van der Waals surface area (Å²) in [7, 11) is 0. The second-order valence-electron chi connectivity index (χ2n) is 14.7. The minimum Gasteiger partial charge on any atom is -0.508 e. The van der Waals surface area contributed by atoms with E-state index in [1.54, 1.807) is 19.1 Å². The molecule has 0 spiro atoms. The van der Waals surface area contributed by atoms with Gasteiger partial charge in [0.1, 0.15) is 11.8 Å². The summed E-state index contributed by atoms with van der Waals surface area (Å²) in [5, 5.41) is 30.0. The van der Waals surface area contributed by atoms with E-state index in [1.165, 1.54) is 12.1 Å². The number of urea groups is 1. The number of piperidine rings is 1. The number of amides is 6. The third-order valence-corrected chi connectivity index (χ3v) is 9.92. The number of nitrogens with zero attached hydrogens (tertiary/aromatic N) is 2. The number of aromatic hydroxyl groups is 1. The highest BCUT2D eigenvalue weighted by molar-refractivity contribution is 5.93. The van der Waals surface area contributed by atoms with Gasteiger partial charge in [-0.05, 0) is 73.1 Å². The number of nitrogens with two attached hydrogens (primary N) is 2. The Morgan fingerprint density at radius 1 is 0.750 bits per heavy atom. The Kier molecular flexibility index (Phi) is 19.6. The monoisotopic (exact) mass is 827 g/mol. The fraction of sp³-hybridized carbons (Fsp3) is 0.442. The molecule has 60 heavy (non-hydrogen) atoms. The summed E-state index contributed by atoms with van der Waals surface area (Å²) >= 11 is 0. The maximum Gasteiger partial charge on any atom is 0.344 e. The van der Waals surface area contributed by atoms with Crippen LogP contribution in [0.4, 0.5) is 10.5 Å². The van der Waals surface area contributed by atoms with Gasteiger partial charge in [0.15, 0.2) is 5.96 Å². The molecule has 1 aliphatic heterocycles. The molecular formula is C43H61N11O6. The van der Waals surface area contributed by atoms with Gasteiger partial charge in [-0.1, -0.05) is 61.5 Å². The van der Waals surface area contributed by atoms with Crippen LogP contribution in [0.3, 0.4) is 0 Å². The van der Waals surface area contributed by atoms with Crippen molar-refractivity contribution in [2.24, 2.45) is 16.5 Å². The first-order chi connectivity index (χ1) is 29.0. The van der Waals surface area contributed by atoms with Crippen LogP contribution in [0.15, 0.2) is 83.9 Å². The minimum absolute atomic E-state index is 0.0117. The number of rotatable bonds is 22. The summed E-state index contributed by atoms with van der Waals surface area (Å²) in [6.45, 7) is 5.87. The molecule has 0 aromatic heterocycles. The van der Waals surface area contributed by atoms with E-state index in [0.29, 0.717) is 32.5 Å². The molecule has 0 saturated carbocycles. The average molecular weight is 828 g/mol. The maximum atomic E-state index is 14.2. The topological polar surface area (TPSA) is 257 Å². The highest BCUT2D eigenvalue weighted by Gasteiger charge is 2.28. The predicted octanol–water partition coefficient (Wildman–Crippen LogP) is 1.59. The highest BCUT2D eigenvalue weighted by Crippen LogP contribution is 2.27. The summed E-state index contributed by atoms with van der Waals surface area (Å²) in [5.41, 5.74) is 15.0. The molecule has 0 bridgehead atoms. The van der Waals surface area contributed by atoms with Crippen molar-refractivity contribution in [1.29, 1.82) is 0 Å². The van der Waals surface area contributed by atoms with Gasteiger partial charge in [-0.3, -0.25) is 24.1 Å². The third-order valence-electron chi connectivity index (χ3n) is 9.92. The highest BCUT2D eigenvalue weighted by atomic mass is 16.3. The zero-order valence-electron chi connectivity index (χ0n) is 34.4. The second kappa shape index (κ2) is 25.3. The number of hydrogen-bond donors (Lipinski definition) is 10. The van der Waals surface area contributed by atoms with Gasteiger partial charge in [-0.15, -0.1) is 0 Å². The molecule has 17 nitrogen and oxygen atoms in total. The lowest BCUT2D eigenvalue weighted by Gasteiger charge is -2.29. The molecule has 12 N–H and O–H groups in total. The van der Waals surface area contributed by atoms with Crippen LogP contribution in [0, 0.1) is 0 Å². The van der Waals surface area contributed by atoms with Crippen molar-refractivity contribution >= 4 is 41.3 Å². The van der Waals surface area contributed by atoms with E-state index in [0.717, 1.165) is 54.7 Å². The molecule has 1 heterocycles. The first-order valence-corrected chi connectivity index (χ1v) is 20.6. The molecule has 17 heteroatoms. The molecule has 1 saturated heterocycles. The molecule has 4 rings (SSSR count). The van der Waals surface area contributed by atoms with Crippen molar-refractivity contribution in [2.75, 3.05) is 57.7 Å². The van der Waals surface area contributed by atoms with Crippen molar-refractivity contribution in [3.05, 3.63) is 95.6 Å². The molecular weight excluding hydrogens is 767 g/mol. The fourth-order valence-electron chi connectivity index (χ4n) is 6.51. The van der Waals surface area contributed by atoms with Crippen molar-refractivity contribution < 1.29 is 29.1 Å². The molecule has 0 radical (unpaired) electrons. The Balaban J connectivity index is 1.34. The quantitative estimate of drug-likeness (QED) is 0.0395. The fourth-order valence-corrected chi connectivity index (χ4v) is 6.51. The second-order valence-corrected chi connectivity index (χ2v) is 14.7. The minimum atomic E-state index is -0.929. The smallest absolute Gasteiger partial charge is 0.344 e. The number of carbonyl (C=O) groups is 5. The van der Waals surface area contributed by atoms with Crippen LogP contribution in [0.25, 0.3) is 0 Å². The van der Waals surface area contributed by atoms with Crippen LogP contribution in [-0.4, -0.2) is 110 Å². The van der Waals surface area contributed by atoms with Gasteiger partial charge in [0.05, 0.1) is 12.5 Å². The Hall–Kier alpha value is -6.20. The van der Waals surface area contributed by atoms with Crippen molar-refractivity contribution in [1.82, 2.24) is 36.8 Å². The van der Waals surface area contributed by atoms with E-state index in [1.807, 2.05) is 54.6 Å². The largest absolute Gasteiger partial charge is 0.508 e. The first-order valence-electron chi connectivity index (χ1n) is 20.6. The third kappa shape index (κ3) is 17.0. The van der Waals surface area contributed by atoms with E-state index in [-0.39, 0.29) is 68.1 Å². The molecule has 1 unspecified atom stereocenters. The normalized spacial score (nSPS) is 14.3. The number of likely N-dealkylation sites (tertiary alicyclic amines) is 1.